The summed E-state index contributed by atoms with van der Waals surface area (Å²) >= 11 is 0. The first-order chi connectivity index (χ1) is 9.54. The Bertz CT molecular complexity index is 523. The van der Waals surface area contributed by atoms with E-state index in [0.29, 0.717) is 12.1 Å². The summed E-state index contributed by atoms with van der Waals surface area (Å²) in [4.78, 5) is 14.1. The summed E-state index contributed by atoms with van der Waals surface area (Å²) in [7, 11) is 1.74. The van der Waals surface area contributed by atoms with E-state index in [9.17, 15) is 14.3 Å². The van der Waals surface area contributed by atoms with Crippen LogP contribution in [0.15, 0.2) is 18.2 Å². The molecular formula is C15H19FN2O2. The Hall–Kier alpha value is -1.62. The Morgan fingerprint density at radius 2 is 2.00 bits per heavy atom. The fourth-order valence-corrected chi connectivity index (χ4v) is 3.38. The van der Waals surface area contributed by atoms with Gasteiger partial charge < -0.3 is 15.3 Å². The Morgan fingerprint density at radius 1 is 1.35 bits per heavy atom. The minimum absolute atomic E-state index is 0.0402. The fourth-order valence-electron chi connectivity index (χ4n) is 3.38. The van der Waals surface area contributed by atoms with Crippen LogP contribution in [0, 0.1) is 5.82 Å². The van der Waals surface area contributed by atoms with Crippen molar-refractivity contribution in [2.75, 3.05) is 7.05 Å². The molecule has 20 heavy (non-hydrogen) atoms. The van der Waals surface area contributed by atoms with Gasteiger partial charge in [0.2, 0.25) is 0 Å². The second kappa shape index (κ2) is 5.05. The van der Waals surface area contributed by atoms with Gasteiger partial charge in [-0.2, -0.15) is 0 Å². The van der Waals surface area contributed by atoms with E-state index in [1.165, 1.54) is 6.07 Å². The highest BCUT2D eigenvalue weighted by Crippen LogP contribution is 2.30. The van der Waals surface area contributed by atoms with Crippen LogP contribution in [-0.2, 0) is 0 Å². The van der Waals surface area contributed by atoms with E-state index < -0.39 is 5.82 Å². The highest BCUT2D eigenvalue weighted by atomic mass is 19.1. The van der Waals surface area contributed by atoms with Gasteiger partial charge in [-0.1, -0.05) is 0 Å². The number of halogens is 1. The molecular weight excluding hydrogens is 259 g/mol. The Labute approximate surface area is 117 Å². The van der Waals surface area contributed by atoms with Crippen LogP contribution in [0.25, 0.3) is 0 Å². The number of fused-ring (bicyclic) bond motifs is 2. The van der Waals surface area contributed by atoms with Gasteiger partial charge in [0.05, 0.1) is 5.56 Å². The van der Waals surface area contributed by atoms with Crippen LogP contribution in [0.1, 0.15) is 36.0 Å². The number of aromatic hydroxyl groups is 1. The number of amides is 1. The summed E-state index contributed by atoms with van der Waals surface area (Å²) in [5, 5.41) is 13.3. The molecule has 3 rings (SSSR count). The summed E-state index contributed by atoms with van der Waals surface area (Å²) in [5.74, 6) is -0.988. The predicted molar refractivity (Wildman–Crippen MR) is 73.1 cm³/mol. The summed E-state index contributed by atoms with van der Waals surface area (Å²) in [6.45, 7) is 0. The number of carbonyl (C=O) groups is 1. The van der Waals surface area contributed by atoms with Crippen LogP contribution in [-0.4, -0.2) is 41.1 Å². The number of phenols is 1. The normalized spacial score (nSPS) is 28.4. The second-order valence-corrected chi connectivity index (χ2v) is 5.84. The van der Waals surface area contributed by atoms with Crippen molar-refractivity contribution >= 4 is 5.91 Å². The molecule has 2 heterocycles. The van der Waals surface area contributed by atoms with Gasteiger partial charge in [0, 0.05) is 25.2 Å². The van der Waals surface area contributed by atoms with Gasteiger partial charge in [-0.15, -0.1) is 0 Å². The molecule has 2 aliphatic heterocycles. The summed E-state index contributed by atoms with van der Waals surface area (Å²) in [5.41, 5.74) is 0.0402. The maximum absolute atomic E-state index is 13.3. The highest BCUT2D eigenvalue weighted by Gasteiger charge is 2.36. The van der Waals surface area contributed by atoms with Crippen molar-refractivity contribution in [1.29, 1.82) is 0 Å². The van der Waals surface area contributed by atoms with Crippen molar-refractivity contribution in [2.24, 2.45) is 0 Å². The number of carbonyl (C=O) groups excluding carboxylic acids is 1. The zero-order valence-electron chi connectivity index (χ0n) is 11.5. The number of hydrogen-bond acceptors (Lipinski definition) is 3. The van der Waals surface area contributed by atoms with Gasteiger partial charge in [0.25, 0.3) is 5.91 Å². The van der Waals surface area contributed by atoms with Gasteiger partial charge in [0.15, 0.2) is 0 Å². The van der Waals surface area contributed by atoms with E-state index in [0.717, 1.165) is 37.8 Å². The van der Waals surface area contributed by atoms with E-state index >= 15 is 0 Å². The zero-order valence-corrected chi connectivity index (χ0v) is 11.5. The Kier molecular flexibility index (Phi) is 3.38. The standard InChI is InChI=1S/C15H19FN2O2/c1-18(12-7-10-3-4-11(8-12)17-10)15(20)13-6-9(16)2-5-14(13)19/h2,5-6,10-12,17,19H,3-4,7-8H2,1H3. The first kappa shape index (κ1) is 13.4. The van der Waals surface area contributed by atoms with Crippen molar-refractivity contribution in [3.8, 4) is 5.75 Å². The lowest BCUT2D eigenvalue weighted by Crippen LogP contribution is -2.48. The van der Waals surface area contributed by atoms with Crippen molar-refractivity contribution in [3.63, 3.8) is 0 Å². The number of rotatable bonds is 2. The SMILES string of the molecule is CN(C(=O)c1cc(F)ccc1O)C1CC2CCC(C1)N2. The van der Waals surface area contributed by atoms with Gasteiger partial charge in [0.1, 0.15) is 11.6 Å². The van der Waals surface area contributed by atoms with Crippen LogP contribution in [0.2, 0.25) is 0 Å². The second-order valence-electron chi connectivity index (χ2n) is 5.84. The molecule has 0 saturated carbocycles. The minimum Gasteiger partial charge on any atom is -0.507 e. The fraction of sp³-hybridized carbons (Fsp3) is 0.533. The molecule has 2 N–H and O–H groups in total. The number of nitrogens with one attached hydrogen (secondary N) is 1. The molecule has 1 amide bonds. The first-order valence-corrected chi connectivity index (χ1v) is 7.06. The molecule has 2 atom stereocenters. The lowest BCUT2D eigenvalue weighted by atomic mass is 9.98. The first-order valence-electron chi connectivity index (χ1n) is 7.06. The average Bonchev–Trinajstić information content (AvgIpc) is 2.78. The molecule has 5 heteroatoms. The third-order valence-electron chi connectivity index (χ3n) is 4.51. The molecule has 2 aliphatic rings. The molecule has 0 aromatic heterocycles. The molecule has 1 aromatic carbocycles. The smallest absolute Gasteiger partial charge is 0.257 e. The largest absolute Gasteiger partial charge is 0.507 e. The van der Waals surface area contributed by atoms with Gasteiger partial charge in [-0.25, -0.2) is 4.39 Å². The topological polar surface area (TPSA) is 52.6 Å². The van der Waals surface area contributed by atoms with Crippen LogP contribution < -0.4 is 5.32 Å². The van der Waals surface area contributed by atoms with Crippen LogP contribution in [0.5, 0.6) is 5.75 Å². The van der Waals surface area contributed by atoms with Crippen molar-refractivity contribution in [1.82, 2.24) is 10.2 Å². The van der Waals surface area contributed by atoms with Gasteiger partial charge in [-0.3, -0.25) is 4.79 Å². The average molecular weight is 278 g/mol. The number of benzene rings is 1. The molecule has 2 saturated heterocycles. The maximum atomic E-state index is 13.3. The Morgan fingerprint density at radius 3 is 2.65 bits per heavy atom. The van der Waals surface area contributed by atoms with E-state index in [1.807, 2.05) is 0 Å². The molecule has 2 unspecified atom stereocenters. The van der Waals surface area contributed by atoms with Gasteiger partial charge in [-0.05, 0) is 43.9 Å². The third-order valence-corrected chi connectivity index (χ3v) is 4.51. The number of hydrogen-bond donors (Lipinski definition) is 2. The monoisotopic (exact) mass is 278 g/mol. The minimum atomic E-state index is -0.509. The molecule has 1 aromatic rings. The molecule has 2 bridgehead atoms. The van der Waals surface area contributed by atoms with Crippen LogP contribution in [0.3, 0.4) is 0 Å². The van der Waals surface area contributed by atoms with Crippen LogP contribution in [0.4, 0.5) is 4.39 Å². The van der Waals surface area contributed by atoms with Crippen molar-refractivity contribution < 1.29 is 14.3 Å². The summed E-state index contributed by atoms with van der Waals surface area (Å²) in [6.07, 6.45) is 4.17. The quantitative estimate of drug-likeness (QED) is 0.868. The maximum Gasteiger partial charge on any atom is 0.257 e. The zero-order chi connectivity index (χ0) is 14.3. The molecule has 2 fully saturated rings. The number of piperidine rings is 1. The van der Waals surface area contributed by atoms with Crippen LogP contribution >= 0.6 is 0 Å². The summed E-state index contributed by atoms with van der Waals surface area (Å²) in [6, 6.07) is 4.60. The van der Waals surface area contributed by atoms with E-state index in [2.05, 4.69) is 5.32 Å². The van der Waals surface area contributed by atoms with Crippen molar-refractivity contribution in [3.05, 3.63) is 29.6 Å². The lowest BCUT2D eigenvalue weighted by molar-refractivity contribution is 0.0678. The van der Waals surface area contributed by atoms with Gasteiger partial charge >= 0.3 is 0 Å². The van der Waals surface area contributed by atoms with Crippen molar-refractivity contribution in [2.45, 2.75) is 43.8 Å². The highest BCUT2D eigenvalue weighted by molar-refractivity contribution is 5.96. The van der Waals surface area contributed by atoms with E-state index in [1.54, 1.807) is 11.9 Å². The number of phenolic OH excluding ortho intramolecular Hbond substituents is 1. The lowest BCUT2D eigenvalue weighted by Gasteiger charge is -2.35. The molecule has 108 valence electrons. The Balaban J connectivity index is 1.78. The van der Waals surface area contributed by atoms with E-state index in [-0.39, 0.29) is 23.3 Å². The molecule has 0 spiro atoms. The predicted octanol–water partition coefficient (Wildman–Crippen LogP) is 1.89. The van der Waals surface area contributed by atoms with E-state index in [4.69, 9.17) is 0 Å². The molecule has 0 aliphatic carbocycles. The third kappa shape index (κ3) is 2.38. The summed E-state index contributed by atoms with van der Waals surface area (Å²) < 4.78 is 13.3. The molecule has 4 nitrogen and oxygen atoms in total. The molecule has 0 radical (unpaired) electrons. The number of nitrogens with zero attached hydrogens (tertiary/aromatic N) is 1.